The Morgan fingerprint density at radius 1 is 1.48 bits per heavy atom. The van der Waals surface area contributed by atoms with Crippen LogP contribution in [0.2, 0.25) is 0 Å². The van der Waals surface area contributed by atoms with Gasteiger partial charge in [-0.15, -0.1) is 0 Å². The number of piperazine rings is 1. The Morgan fingerprint density at radius 2 is 2.14 bits per heavy atom. The highest BCUT2D eigenvalue weighted by Gasteiger charge is 2.22. The van der Waals surface area contributed by atoms with Gasteiger partial charge in [0.1, 0.15) is 5.69 Å². The molecule has 0 radical (unpaired) electrons. The summed E-state index contributed by atoms with van der Waals surface area (Å²) >= 11 is 2.03. The first-order valence-electron chi connectivity index (χ1n) is 6.62. The van der Waals surface area contributed by atoms with Crippen molar-refractivity contribution in [2.45, 2.75) is 0 Å². The largest absolute Gasteiger partial charge is 0.360 e. The van der Waals surface area contributed by atoms with Gasteiger partial charge in [0.2, 0.25) is 5.91 Å². The van der Waals surface area contributed by atoms with E-state index in [9.17, 15) is 14.9 Å². The third-order valence-corrected chi connectivity index (χ3v) is 4.06. The minimum Gasteiger partial charge on any atom is -0.360 e. The Balaban J connectivity index is 2.11. The molecule has 7 nitrogen and oxygen atoms in total. The van der Waals surface area contributed by atoms with Crippen molar-refractivity contribution in [3.05, 3.63) is 31.9 Å². The van der Waals surface area contributed by atoms with Crippen LogP contribution in [0, 0.1) is 13.7 Å². The summed E-state index contributed by atoms with van der Waals surface area (Å²) in [5.41, 5.74) is 0.487. The van der Waals surface area contributed by atoms with E-state index in [-0.39, 0.29) is 18.1 Å². The smallest absolute Gasteiger partial charge is 0.293 e. The van der Waals surface area contributed by atoms with Gasteiger partial charge in [-0.1, -0.05) is 0 Å². The molecule has 2 rings (SSSR count). The van der Waals surface area contributed by atoms with Crippen LogP contribution in [-0.2, 0) is 4.79 Å². The second kappa shape index (κ2) is 7.03. The first-order chi connectivity index (χ1) is 9.99. The molecule has 0 aliphatic carbocycles. The first-order valence-corrected chi connectivity index (χ1v) is 7.70. The van der Waals surface area contributed by atoms with Crippen LogP contribution in [0.4, 0.5) is 11.4 Å². The molecule has 0 atom stereocenters. The molecular formula is C13H17IN4O3. The second-order valence-corrected chi connectivity index (χ2v) is 6.12. The predicted octanol–water partition coefficient (Wildman–Crippen LogP) is 1.07. The summed E-state index contributed by atoms with van der Waals surface area (Å²) in [7, 11) is 1.70. The van der Waals surface area contributed by atoms with Gasteiger partial charge in [-0.25, -0.2) is 0 Å². The third-order valence-electron chi connectivity index (χ3n) is 3.39. The lowest BCUT2D eigenvalue weighted by Gasteiger charge is -2.29. The van der Waals surface area contributed by atoms with Gasteiger partial charge in [0.05, 0.1) is 11.5 Å². The maximum absolute atomic E-state index is 12.2. The van der Waals surface area contributed by atoms with Crippen molar-refractivity contribution in [2.75, 3.05) is 44.7 Å². The van der Waals surface area contributed by atoms with Crippen LogP contribution in [0.5, 0.6) is 0 Å². The number of nitrogens with zero attached hydrogens (tertiary/aromatic N) is 3. The third kappa shape index (κ3) is 4.03. The SMILES string of the molecule is CN(CC(=O)N1CCNCC1)c1ccc(I)cc1[N+](=O)[O-]. The summed E-state index contributed by atoms with van der Waals surface area (Å²) in [6.45, 7) is 3.09. The van der Waals surface area contributed by atoms with Crippen LogP contribution in [0.25, 0.3) is 0 Å². The maximum Gasteiger partial charge on any atom is 0.293 e. The molecule has 0 spiro atoms. The van der Waals surface area contributed by atoms with Gasteiger partial charge in [0.25, 0.3) is 5.69 Å². The number of halogens is 1. The molecule has 114 valence electrons. The van der Waals surface area contributed by atoms with Crippen molar-refractivity contribution in [1.29, 1.82) is 0 Å². The van der Waals surface area contributed by atoms with Crippen LogP contribution >= 0.6 is 22.6 Å². The van der Waals surface area contributed by atoms with E-state index in [4.69, 9.17) is 0 Å². The fourth-order valence-electron chi connectivity index (χ4n) is 2.27. The van der Waals surface area contributed by atoms with Crippen molar-refractivity contribution < 1.29 is 9.72 Å². The highest BCUT2D eigenvalue weighted by Crippen LogP contribution is 2.29. The number of benzene rings is 1. The zero-order chi connectivity index (χ0) is 15.4. The van der Waals surface area contributed by atoms with Crippen molar-refractivity contribution in [3.8, 4) is 0 Å². The predicted molar refractivity (Wildman–Crippen MR) is 88.5 cm³/mol. The molecule has 1 N–H and O–H groups in total. The molecule has 0 aromatic heterocycles. The minimum atomic E-state index is -0.413. The van der Waals surface area contributed by atoms with E-state index in [2.05, 4.69) is 5.32 Å². The molecule has 1 aromatic carbocycles. The Kier molecular flexibility index (Phi) is 5.34. The zero-order valence-electron chi connectivity index (χ0n) is 11.7. The summed E-state index contributed by atoms with van der Waals surface area (Å²) in [5, 5.41) is 14.3. The lowest BCUT2D eigenvalue weighted by atomic mass is 10.2. The topological polar surface area (TPSA) is 78.7 Å². The quantitative estimate of drug-likeness (QED) is 0.462. The van der Waals surface area contributed by atoms with E-state index < -0.39 is 4.92 Å². The van der Waals surface area contributed by atoms with Gasteiger partial charge >= 0.3 is 0 Å². The van der Waals surface area contributed by atoms with Gasteiger partial charge in [0.15, 0.2) is 0 Å². The van der Waals surface area contributed by atoms with E-state index in [1.165, 1.54) is 6.07 Å². The molecule has 1 heterocycles. The number of anilines is 1. The highest BCUT2D eigenvalue weighted by molar-refractivity contribution is 14.1. The highest BCUT2D eigenvalue weighted by atomic mass is 127. The number of amides is 1. The molecule has 1 saturated heterocycles. The molecule has 8 heteroatoms. The number of carbonyl (C=O) groups excluding carboxylic acids is 1. The number of rotatable bonds is 4. The number of likely N-dealkylation sites (N-methyl/N-ethyl adjacent to an activating group) is 1. The molecule has 1 fully saturated rings. The molecule has 1 amide bonds. The monoisotopic (exact) mass is 404 g/mol. The average molecular weight is 404 g/mol. The van der Waals surface area contributed by atoms with Gasteiger partial charge in [-0.3, -0.25) is 14.9 Å². The van der Waals surface area contributed by atoms with Crippen LogP contribution in [0.1, 0.15) is 0 Å². The number of nitro benzene ring substituents is 1. The van der Waals surface area contributed by atoms with E-state index in [1.807, 2.05) is 22.6 Å². The number of nitro groups is 1. The van der Waals surface area contributed by atoms with E-state index in [0.29, 0.717) is 18.8 Å². The Labute approximate surface area is 136 Å². The minimum absolute atomic E-state index is 0.00755. The summed E-state index contributed by atoms with van der Waals surface area (Å²) in [4.78, 5) is 26.4. The molecule has 21 heavy (non-hydrogen) atoms. The summed E-state index contributed by atoms with van der Waals surface area (Å²) in [5.74, 6) is -0.00755. The summed E-state index contributed by atoms with van der Waals surface area (Å²) < 4.78 is 0.796. The van der Waals surface area contributed by atoms with Gasteiger partial charge in [0, 0.05) is 42.9 Å². The molecule has 0 unspecified atom stereocenters. The molecule has 1 aliphatic heterocycles. The number of hydrogen-bond donors (Lipinski definition) is 1. The van der Waals surface area contributed by atoms with Crippen molar-refractivity contribution in [3.63, 3.8) is 0 Å². The lowest BCUT2D eigenvalue weighted by Crippen LogP contribution is -2.49. The van der Waals surface area contributed by atoms with Crippen molar-refractivity contribution in [1.82, 2.24) is 10.2 Å². The van der Waals surface area contributed by atoms with E-state index in [0.717, 1.165) is 16.7 Å². The Hall–Kier alpha value is -1.42. The summed E-state index contributed by atoms with van der Waals surface area (Å²) in [6.07, 6.45) is 0. The molecule has 1 aromatic rings. The Morgan fingerprint density at radius 3 is 2.76 bits per heavy atom. The lowest BCUT2D eigenvalue weighted by molar-refractivity contribution is -0.384. The normalized spacial score (nSPS) is 14.9. The average Bonchev–Trinajstić information content (AvgIpc) is 2.47. The fraction of sp³-hybridized carbons (Fsp3) is 0.462. The van der Waals surface area contributed by atoms with Crippen LogP contribution < -0.4 is 10.2 Å². The number of hydrogen-bond acceptors (Lipinski definition) is 5. The molecule has 1 aliphatic rings. The van der Waals surface area contributed by atoms with Crippen LogP contribution in [0.3, 0.4) is 0 Å². The van der Waals surface area contributed by atoms with Gasteiger partial charge in [-0.05, 0) is 34.7 Å². The standard InChI is InChI=1S/C13H17IN4O3/c1-16(9-13(19)17-6-4-15-5-7-17)11-3-2-10(14)8-12(11)18(20)21/h2-3,8,15H,4-7,9H2,1H3. The number of nitrogens with one attached hydrogen (secondary N) is 1. The van der Waals surface area contributed by atoms with Gasteiger partial charge in [-0.2, -0.15) is 0 Å². The first kappa shape index (κ1) is 16.0. The van der Waals surface area contributed by atoms with Crippen molar-refractivity contribution in [2.24, 2.45) is 0 Å². The van der Waals surface area contributed by atoms with Crippen LogP contribution in [-0.4, -0.2) is 55.5 Å². The van der Waals surface area contributed by atoms with Crippen molar-refractivity contribution >= 4 is 39.9 Å². The molecular weight excluding hydrogens is 387 g/mol. The Bertz CT molecular complexity index is 546. The zero-order valence-corrected chi connectivity index (χ0v) is 13.9. The van der Waals surface area contributed by atoms with Crippen LogP contribution in [0.15, 0.2) is 18.2 Å². The molecule has 0 saturated carbocycles. The van der Waals surface area contributed by atoms with Gasteiger partial charge < -0.3 is 15.1 Å². The second-order valence-electron chi connectivity index (χ2n) is 4.88. The number of carbonyl (C=O) groups is 1. The van der Waals surface area contributed by atoms with E-state index >= 15 is 0 Å². The van der Waals surface area contributed by atoms with E-state index in [1.54, 1.807) is 29.0 Å². The fourth-order valence-corrected chi connectivity index (χ4v) is 2.74. The maximum atomic E-state index is 12.2. The molecule has 0 bridgehead atoms. The summed E-state index contributed by atoms with van der Waals surface area (Å²) in [6, 6.07) is 5.00.